The number of benzene rings is 2. The Balaban J connectivity index is 1.65. The van der Waals surface area contributed by atoms with Crippen LogP contribution >= 0.6 is 0 Å². The van der Waals surface area contributed by atoms with Crippen LogP contribution in [0.5, 0.6) is 0 Å². The van der Waals surface area contributed by atoms with Crippen molar-refractivity contribution in [3.8, 4) is 11.4 Å². The lowest BCUT2D eigenvalue weighted by Gasteiger charge is -2.11. The summed E-state index contributed by atoms with van der Waals surface area (Å²) < 4.78 is 0. The zero-order chi connectivity index (χ0) is 16.4. The van der Waals surface area contributed by atoms with Gasteiger partial charge >= 0.3 is 0 Å². The van der Waals surface area contributed by atoms with Crippen LogP contribution < -0.4 is 10.6 Å². The highest BCUT2D eigenvalue weighted by Gasteiger charge is 2.23. The fourth-order valence-corrected chi connectivity index (χ4v) is 2.60. The van der Waals surface area contributed by atoms with Gasteiger partial charge in [-0.2, -0.15) is 0 Å². The van der Waals surface area contributed by atoms with E-state index >= 15 is 0 Å². The molecule has 1 saturated carbocycles. The van der Waals surface area contributed by atoms with Gasteiger partial charge in [0.15, 0.2) is 5.82 Å². The van der Waals surface area contributed by atoms with Crippen LogP contribution in [-0.2, 0) is 4.79 Å². The second kappa shape index (κ2) is 6.28. The minimum Gasteiger partial charge on any atom is -0.360 e. The number of nitrogens with zero attached hydrogens (tertiary/aromatic N) is 2. The number of aromatic nitrogens is 2. The van der Waals surface area contributed by atoms with Crippen molar-refractivity contribution in [2.24, 2.45) is 0 Å². The fourth-order valence-electron chi connectivity index (χ4n) is 2.60. The van der Waals surface area contributed by atoms with Crippen molar-refractivity contribution >= 4 is 22.6 Å². The minimum atomic E-state index is 0.00135. The molecule has 0 aliphatic heterocycles. The van der Waals surface area contributed by atoms with E-state index in [1.807, 2.05) is 54.6 Å². The molecule has 1 amide bonds. The second-order valence-electron chi connectivity index (χ2n) is 5.97. The number of rotatable bonds is 5. The third kappa shape index (κ3) is 3.20. The van der Waals surface area contributed by atoms with Crippen LogP contribution in [-0.4, -0.2) is 28.5 Å². The maximum atomic E-state index is 11.9. The monoisotopic (exact) mass is 318 g/mol. The molecule has 2 aromatic carbocycles. The number of amides is 1. The summed E-state index contributed by atoms with van der Waals surface area (Å²) >= 11 is 0. The van der Waals surface area contributed by atoms with Crippen molar-refractivity contribution in [2.45, 2.75) is 18.9 Å². The number of nitrogens with one attached hydrogen (secondary N) is 2. The Labute approximate surface area is 140 Å². The maximum Gasteiger partial charge on any atom is 0.239 e. The van der Waals surface area contributed by atoms with Gasteiger partial charge in [-0.15, -0.1) is 0 Å². The molecule has 1 aliphatic rings. The van der Waals surface area contributed by atoms with Crippen LogP contribution in [0.1, 0.15) is 12.8 Å². The summed E-state index contributed by atoms with van der Waals surface area (Å²) in [6.45, 7) is 0.214. The molecule has 0 saturated heterocycles. The Morgan fingerprint density at radius 2 is 1.75 bits per heavy atom. The average molecular weight is 318 g/mol. The molecular weight excluding hydrogens is 300 g/mol. The van der Waals surface area contributed by atoms with Crippen molar-refractivity contribution in [3.05, 3.63) is 54.6 Å². The minimum absolute atomic E-state index is 0.00135. The predicted octanol–water partition coefficient (Wildman–Crippen LogP) is 2.99. The highest BCUT2D eigenvalue weighted by atomic mass is 16.2. The molecule has 1 heterocycles. The van der Waals surface area contributed by atoms with Gasteiger partial charge in [0.1, 0.15) is 5.82 Å². The average Bonchev–Trinajstić information content (AvgIpc) is 3.44. The van der Waals surface area contributed by atoms with Crippen molar-refractivity contribution in [2.75, 3.05) is 11.9 Å². The van der Waals surface area contributed by atoms with E-state index in [0.29, 0.717) is 17.7 Å². The summed E-state index contributed by atoms with van der Waals surface area (Å²) in [7, 11) is 0. The summed E-state index contributed by atoms with van der Waals surface area (Å²) in [6.07, 6.45) is 2.17. The second-order valence-corrected chi connectivity index (χ2v) is 5.97. The van der Waals surface area contributed by atoms with Gasteiger partial charge in [0.2, 0.25) is 5.91 Å². The van der Waals surface area contributed by atoms with E-state index in [2.05, 4.69) is 20.6 Å². The van der Waals surface area contributed by atoms with E-state index in [9.17, 15) is 4.79 Å². The van der Waals surface area contributed by atoms with Crippen LogP contribution in [0.25, 0.3) is 22.3 Å². The molecule has 0 atom stereocenters. The molecule has 4 rings (SSSR count). The van der Waals surface area contributed by atoms with Gasteiger partial charge in [0, 0.05) is 17.0 Å². The number of fused-ring (bicyclic) bond motifs is 1. The van der Waals surface area contributed by atoms with Crippen molar-refractivity contribution in [3.63, 3.8) is 0 Å². The Kier molecular flexibility index (Phi) is 3.83. The lowest BCUT2D eigenvalue weighted by molar-refractivity contribution is -0.119. The Morgan fingerprint density at radius 1 is 1.00 bits per heavy atom. The van der Waals surface area contributed by atoms with E-state index in [-0.39, 0.29) is 12.5 Å². The molecule has 120 valence electrons. The van der Waals surface area contributed by atoms with Crippen LogP contribution in [0.3, 0.4) is 0 Å². The highest BCUT2D eigenvalue weighted by molar-refractivity contribution is 5.92. The largest absolute Gasteiger partial charge is 0.360 e. The van der Waals surface area contributed by atoms with Gasteiger partial charge in [-0.3, -0.25) is 4.79 Å². The van der Waals surface area contributed by atoms with Crippen LogP contribution in [0.4, 0.5) is 5.82 Å². The first-order valence-corrected chi connectivity index (χ1v) is 8.15. The molecule has 1 aromatic heterocycles. The standard InChI is InChI=1S/C19H18N4O/c24-17(21-14-10-11-14)12-20-19-15-8-4-5-9-16(15)22-18(23-19)13-6-2-1-3-7-13/h1-9,14H,10-12H2,(H,21,24)(H,20,22,23). The van der Waals surface area contributed by atoms with Gasteiger partial charge in [0.05, 0.1) is 12.1 Å². The van der Waals surface area contributed by atoms with E-state index in [0.717, 1.165) is 29.3 Å². The van der Waals surface area contributed by atoms with Crippen LogP contribution in [0, 0.1) is 0 Å². The third-order valence-electron chi connectivity index (χ3n) is 3.99. The highest BCUT2D eigenvalue weighted by Crippen LogP contribution is 2.24. The Morgan fingerprint density at radius 3 is 2.54 bits per heavy atom. The third-order valence-corrected chi connectivity index (χ3v) is 3.99. The molecule has 0 radical (unpaired) electrons. The first-order valence-electron chi connectivity index (χ1n) is 8.15. The molecular formula is C19H18N4O. The van der Waals surface area contributed by atoms with Gasteiger partial charge < -0.3 is 10.6 Å². The number of carbonyl (C=O) groups excluding carboxylic acids is 1. The lowest BCUT2D eigenvalue weighted by atomic mass is 10.2. The summed E-state index contributed by atoms with van der Waals surface area (Å²) in [5, 5.41) is 7.05. The molecule has 0 spiro atoms. The van der Waals surface area contributed by atoms with Crippen molar-refractivity contribution in [1.29, 1.82) is 0 Å². The SMILES string of the molecule is O=C(CNc1nc(-c2ccccc2)nc2ccccc12)NC1CC1. The first kappa shape index (κ1) is 14.6. The van der Waals surface area contributed by atoms with Crippen LogP contribution in [0.15, 0.2) is 54.6 Å². The number of hydrogen-bond donors (Lipinski definition) is 2. The first-order chi connectivity index (χ1) is 11.8. The normalized spacial score (nSPS) is 13.7. The van der Waals surface area contributed by atoms with Gasteiger partial charge in [-0.05, 0) is 25.0 Å². The lowest BCUT2D eigenvalue weighted by Crippen LogP contribution is -2.31. The van der Waals surface area contributed by atoms with E-state index in [1.54, 1.807) is 0 Å². The topological polar surface area (TPSA) is 66.9 Å². The smallest absolute Gasteiger partial charge is 0.239 e. The Bertz CT molecular complexity index is 875. The molecule has 0 bridgehead atoms. The summed E-state index contributed by atoms with van der Waals surface area (Å²) in [4.78, 5) is 21.2. The van der Waals surface area contributed by atoms with Crippen molar-refractivity contribution < 1.29 is 4.79 Å². The Hall–Kier alpha value is -2.95. The van der Waals surface area contributed by atoms with Crippen molar-refractivity contribution in [1.82, 2.24) is 15.3 Å². The zero-order valence-electron chi connectivity index (χ0n) is 13.2. The quantitative estimate of drug-likeness (QED) is 0.759. The van der Waals surface area contributed by atoms with Gasteiger partial charge in [0.25, 0.3) is 0 Å². The fraction of sp³-hybridized carbons (Fsp3) is 0.211. The number of anilines is 1. The zero-order valence-corrected chi connectivity index (χ0v) is 13.2. The van der Waals surface area contributed by atoms with E-state index < -0.39 is 0 Å². The molecule has 2 N–H and O–H groups in total. The van der Waals surface area contributed by atoms with E-state index in [4.69, 9.17) is 0 Å². The number of para-hydroxylation sites is 1. The van der Waals surface area contributed by atoms with Crippen LogP contribution in [0.2, 0.25) is 0 Å². The molecule has 5 heteroatoms. The molecule has 24 heavy (non-hydrogen) atoms. The molecule has 1 aliphatic carbocycles. The summed E-state index contributed by atoms with van der Waals surface area (Å²) in [5.74, 6) is 1.34. The molecule has 5 nitrogen and oxygen atoms in total. The molecule has 1 fully saturated rings. The predicted molar refractivity (Wildman–Crippen MR) is 94.6 cm³/mol. The van der Waals surface area contributed by atoms with Gasteiger partial charge in [-0.1, -0.05) is 42.5 Å². The maximum absolute atomic E-state index is 11.9. The molecule has 3 aromatic rings. The number of hydrogen-bond acceptors (Lipinski definition) is 4. The summed E-state index contributed by atoms with van der Waals surface area (Å²) in [6, 6.07) is 18.0. The van der Waals surface area contributed by atoms with E-state index in [1.165, 1.54) is 0 Å². The van der Waals surface area contributed by atoms with Gasteiger partial charge in [-0.25, -0.2) is 9.97 Å². The summed E-state index contributed by atoms with van der Waals surface area (Å²) in [5.41, 5.74) is 1.81. The molecule has 0 unspecified atom stereocenters. The number of carbonyl (C=O) groups is 1.